The number of imidazole rings is 1. The molecule has 0 atom stereocenters. The number of hydrogen-bond acceptors (Lipinski definition) is 3. The quantitative estimate of drug-likeness (QED) is 0.758. The summed E-state index contributed by atoms with van der Waals surface area (Å²) in [6.07, 6.45) is 9.37. The molecule has 1 aliphatic rings. The summed E-state index contributed by atoms with van der Waals surface area (Å²) in [6.45, 7) is 5.84. The van der Waals surface area contributed by atoms with Gasteiger partial charge in [0.15, 0.2) is 0 Å². The summed E-state index contributed by atoms with van der Waals surface area (Å²) in [5.41, 5.74) is 1.13. The molecule has 0 bridgehead atoms. The molecule has 1 saturated heterocycles. The number of rotatable bonds is 6. The lowest BCUT2D eigenvalue weighted by Crippen LogP contribution is -2.32. The molecule has 1 fully saturated rings. The van der Waals surface area contributed by atoms with Crippen LogP contribution in [0, 0.1) is 0 Å². The Bertz CT molecular complexity index is 315. The van der Waals surface area contributed by atoms with E-state index in [4.69, 9.17) is 0 Å². The maximum atomic E-state index is 4.29. The number of nitrogens with zero attached hydrogens (tertiary/aromatic N) is 3. The monoisotopic (exact) mass is 236 g/mol. The van der Waals surface area contributed by atoms with Crippen LogP contribution in [0.5, 0.6) is 0 Å². The van der Waals surface area contributed by atoms with Crippen LogP contribution in [-0.4, -0.2) is 40.6 Å². The fraction of sp³-hybridized carbons (Fsp3) is 0.769. The largest absolute Gasteiger partial charge is 0.340 e. The smallest absolute Gasteiger partial charge is 0.0947 e. The van der Waals surface area contributed by atoms with Crippen molar-refractivity contribution >= 4 is 0 Å². The van der Waals surface area contributed by atoms with Crippen molar-refractivity contribution in [2.24, 2.45) is 7.05 Å². The maximum Gasteiger partial charge on any atom is 0.0947 e. The van der Waals surface area contributed by atoms with E-state index in [0.717, 1.165) is 18.8 Å². The lowest BCUT2D eigenvalue weighted by molar-refractivity contribution is 0.225. The molecule has 1 aromatic heterocycles. The van der Waals surface area contributed by atoms with Crippen molar-refractivity contribution < 1.29 is 0 Å². The second-order valence-corrected chi connectivity index (χ2v) is 4.96. The van der Waals surface area contributed by atoms with E-state index in [1.165, 1.54) is 45.3 Å². The van der Waals surface area contributed by atoms with E-state index in [9.17, 15) is 0 Å². The van der Waals surface area contributed by atoms with Gasteiger partial charge in [0.2, 0.25) is 0 Å². The minimum absolute atomic E-state index is 0.890. The first-order valence-corrected chi connectivity index (χ1v) is 6.74. The molecule has 1 aliphatic heterocycles. The molecule has 2 rings (SSSR count). The molecule has 0 saturated carbocycles. The summed E-state index contributed by atoms with van der Waals surface area (Å²) in [5.74, 6) is 0. The van der Waals surface area contributed by atoms with Gasteiger partial charge in [-0.1, -0.05) is 6.42 Å². The standard InChI is InChI=1S/C13H24N4/c1-16-11-13(15-12-16)10-14-6-5-9-17-7-3-2-4-8-17/h11-12,14H,2-10H2,1H3. The molecule has 0 aliphatic carbocycles. The average molecular weight is 236 g/mol. The number of nitrogens with one attached hydrogen (secondary N) is 1. The normalized spacial score (nSPS) is 17.5. The molecule has 0 radical (unpaired) electrons. The molecule has 2 heterocycles. The highest BCUT2D eigenvalue weighted by Gasteiger charge is 2.08. The highest BCUT2D eigenvalue weighted by Crippen LogP contribution is 2.08. The van der Waals surface area contributed by atoms with E-state index in [0.29, 0.717) is 0 Å². The van der Waals surface area contributed by atoms with Crippen molar-refractivity contribution in [3.05, 3.63) is 18.2 Å². The zero-order chi connectivity index (χ0) is 11.9. The Balaban J connectivity index is 1.51. The van der Waals surface area contributed by atoms with E-state index in [2.05, 4.69) is 21.4 Å². The third-order valence-electron chi connectivity index (χ3n) is 3.34. The summed E-state index contributed by atoms with van der Waals surface area (Å²) in [4.78, 5) is 6.88. The van der Waals surface area contributed by atoms with Gasteiger partial charge in [0, 0.05) is 19.8 Å². The van der Waals surface area contributed by atoms with Crippen LogP contribution in [-0.2, 0) is 13.6 Å². The van der Waals surface area contributed by atoms with Crippen LogP contribution in [0.4, 0.5) is 0 Å². The lowest BCUT2D eigenvalue weighted by atomic mass is 10.1. The van der Waals surface area contributed by atoms with Crippen LogP contribution in [0.1, 0.15) is 31.4 Å². The molecule has 4 heteroatoms. The zero-order valence-electron chi connectivity index (χ0n) is 10.9. The minimum Gasteiger partial charge on any atom is -0.340 e. The first-order valence-electron chi connectivity index (χ1n) is 6.74. The van der Waals surface area contributed by atoms with Gasteiger partial charge in [0.25, 0.3) is 0 Å². The van der Waals surface area contributed by atoms with Gasteiger partial charge < -0.3 is 14.8 Å². The summed E-state index contributed by atoms with van der Waals surface area (Å²) in [7, 11) is 2.01. The van der Waals surface area contributed by atoms with Crippen molar-refractivity contribution in [3.63, 3.8) is 0 Å². The van der Waals surface area contributed by atoms with Gasteiger partial charge in [-0.25, -0.2) is 4.98 Å². The highest BCUT2D eigenvalue weighted by atomic mass is 15.1. The Morgan fingerprint density at radius 3 is 2.82 bits per heavy atom. The van der Waals surface area contributed by atoms with Crippen molar-refractivity contribution in [1.82, 2.24) is 19.8 Å². The predicted octanol–water partition coefficient (Wildman–Crippen LogP) is 1.39. The van der Waals surface area contributed by atoms with Gasteiger partial charge in [0.05, 0.1) is 12.0 Å². The molecular weight excluding hydrogens is 212 g/mol. The molecule has 0 aromatic carbocycles. The SMILES string of the molecule is Cn1cnc(CNCCCN2CCCCC2)c1. The van der Waals surface area contributed by atoms with E-state index in [1.807, 2.05) is 17.9 Å². The minimum atomic E-state index is 0.890. The van der Waals surface area contributed by atoms with Crippen LogP contribution < -0.4 is 5.32 Å². The highest BCUT2D eigenvalue weighted by molar-refractivity contribution is 4.95. The van der Waals surface area contributed by atoms with Crippen molar-refractivity contribution in [3.8, 4) is 0 Å². The zero-order valence-corrected chi connectivity index (χ0v) is 10.9. The Kier molecular flexibility index (Phi) is 5.01. The van der Waals surface area contributed by atoms with Crippen molar-refractivity contribution in [2.45, 2.75) is 32.2 Å². The van der Waals surface area contributed by atoms with Crippen LogP contribution in [0.3, 0.4) is 0 Å². The van der Waals surface area contributed by atoms with Crippen molar-refractivity contribution in [2.75, 3.05) is 26.2 Å². The van der Waals surface area contributed by atoms with Gasteiger partial charge >= 0.3 is 0 Å². The van der Waals surface area contributed by atoms with Crippen LogP contribution in [0.2, 0.25) is 0 Å². The summed E-state index contributed by atoms with van der Waals surface area (Å²) < 4.78 is 1.99. The molecule has 0 spiro atoms. The first kappa shape index (κ1) is 12.6. The van der Waals surface area contributed by atoms with E-state index in [1.54, 1.807) is 0 Å². The Morgan fingerprint density at radius 2 is 2.12 bits per heavy atom. The van der Waals surface area contributed by atoms with Crippen LogP contribution in [0.25, 0.3) is 0 Å². The first-order chi connectivity index (χ1) is 8.34. The summed E-state index contributed by atoms with van der Waals surface area (Å²) in [6, 6.07) is 0. The number of hydrogen-bond donors (Lipinski definition) is 1. The van der Waals surface area contributed by atoms with Crippen LogP contribution in [0.15, 0.2) is 12.5 Å². The Labute approximate surface area is 104 Å². The second kappa shape index (κ2) is 6.77. The number of aryl methyl sites for hydroxylation is 1. The molecular formula is C13H24N4. The fourth-order valence-electron chi connectivity index (χ4n) is 2.39. The predicted molar refractivity (Wildman–Crippen MR) is 69.8 cm³/mol. The molecule has 96 valence electrons. The fourth-order valence-corrected chi connectivity index (χ4v) is 2.39. The van der Waals surface area contributed by atoms with Gasteiger partial charge in [-0.05, 0) is 45.4 Å². The van der Waals surface area contributed by atoms with Gasteiger partial charge in [0.1, 0.15) is 0 Å². The molecule has 4 nitrogen and oxygen atoms in total. The Morgan fingerprint density at radius 1 is 1.29 bits per heavy atom. The number of likely N-dealkylation sites (tertiary alicyclic amines) is 1. The molecule has 1 aromatic rings. The van der Waals surface area contributed by atoms with E-state index < -0.39 is 0 Å². The summed E-state index contributed by atoms with van der Waals surface area (Å²) >= 11 is 0. The van der Waals surface area contributed by atoms with E-state index in [-0.39, 0.29) is 0 Å². The topological polar surface area (TPSA) is 33.1 Å². The molecule has 17 heavy (non-hydrogen) atoms. The molecule has 0 unspecified atom stereocenters. The molecule has 0 amide bonds. The third-order valence-corrected chi connectivity index (χ3v) is 3.34. The maximum absolute atomic E-state index is 4.29. The number of aromatic nitrogens is 2. The number of piperidine rings is 1. The lowest BCUT2D eigenvalue weighted by Gasteiger charge is -2.26. The second-order valence-electron chi connectivity index (χ2n) is 4.96. The van der Waals surface area contributed by atoms with Gasteiger partial charge in [-0.2, -0.15) is 0 Å². The third kappa shape index (κ3) is 4.48. The van der Waals surface area contributed by atoms with Crippen LogP contribution >= 0.6 is 0 Å². The summed E-state index contributed by atoms with van der Waals surface area (Å²) in [5, 5.41) is 3.45. The Hall–Kier alpha value is -0.870. The van der Waals surface area contributed by atoms with Gasteiger partial charge in [-0.3, -0.25) is 0 Å². The van der Waals surface area contributed by atoms with E-state index >= 15 is 0 Å². The van der Waals surface area contributed by atoms with Crippen molar-refractivity contribution in [1.29, 1.82) is 0 Å². The molecule has 1 N–H and O–H groups in total. The van der Waals surface area contributed by atoms with Gasteiger partial charge in [-0.15, -0.1) is 0 Å². The average Bonchev–Trinajstić information content (AvgIpc) is 2.76.